The zero-order valence-electron chi connectivity index (χ0n) is 8.32. The summed E-state index contributed by atoms with van der Waals surface area (Å²) in [5.41, 5.74) is 0. The van der Waals surface area contributed by atoms with Crippen LogP contribution in [0.1, 0.15) is 0 Å². The van der Waals surface area contributed by atoms with E-state index in [0.29, 0.717) is 25.5 Å². The van der Waals surface area contributed by atoms with Crippen molar-refractivity contribution in [2.75, 3.05) is 13.3 Å². The molecule has 0 aromatic heterocycles. The van der Waals surface area contributed by atoms with E-state index in [9.17, 15) is 28.5 Å². The van der Waals surface area contributed by atoms with Gasteiger partial charge in [0.25, 0.3) is 0 Å². The first-order chi connectivity index (χ1) is 6.99. The highest BCUT2D eigenvalue weighted by Gasteiger charge is 2.08. The van der Waals surface area contributed by atoms with Gasteiger partial charge in [-0.25, -0.2) is 9.59 Å². The third-order valence-corrected chi connectivity index (χ3v) is 1.89. The number of hydrogen-bond donors (Lipinski definition) is 0. The van der Waals surface area contributed by atoms with E-state index in [1.807, 2.05) is 0 Å². The highest BCUT2D eigenvalue weighted by atomic mass is 31.2. The van der Waals surface area contributed by atoms with Crippen LogP contribution in [0.4, 0.5) is 0 Å². The van der Waals surface area contributed by atoms with Crippen LogP contribution in [0.2, 0.25) is 0 Å². The molecule has 0 bridgehead atoms. The Labute approximate surface area is 90.9 Å². The van der Waals surface area contributed by atoms with Gasteiger partial charge in [-0.05, 0) is 0 Å². The standard InChI is InChI=1S/C6H10O8P2/c1-15(9,10)13-5(7)3-4-6(8)14-16(2,11)12/h3-4H,1-2H3,(H,9,10)(H,11,12)/p-2. The van der Waals surface area contributed by atoms with E-state index >= 15 is 0 Å². The molecule has 2 atom stereocenters. The fraction of sp³-hybridized carbons (Fsp3) is 0.333. The minimum atomic E-state index is -4.24. The average Bonchev–Trinajstić information content (AvgIpc) is 1.94. The second-order valence-corrected chi connectivity index (χ2v) is 6.15. The van der Waals surface area contributed by atoms with Gasteiger partial charge in [0.1, 0.15) is 0 Å². The van der Waals surface area contributed by atoms with Gasteiger partial charge in [0.15, 0.2) is 15.2 Å². The van der Waals surface area contributed by atoms with Crippen molar-refractivity contribution in [1.82, 2.24) is 0 Å². The molecule has 0 aliphatic carbocycles. The minimum Gasteiger partial charge on any atom is -0.769 e. The summed E-state index contributed by atoms with van der Waals surface area (Å²) in [4.78, 5) is 42.3. The predicted molar refractivity (Wildman–Crippen MR) is 48.4 cm³/mol. The van der Waals surface area contributed by atoms with Crippen LogP contribution in [0.5, 0.6) is 0 Å². The molecule has 0 aromatic rings. The maximum Gasteiger partial charge on any atom is 0.335 e. The molecule has 92 valence electrons. The van der Waals surface area contributed by atoms with Crippen molar-refractivity contribution in [3.63, 3.8) is 0 Å². The Bertz CT molecular complexity index is 361. The Morgan fingerprint density at radius 3 is 1.38 bits per heavy atom. The molecule has 0 saturated carbocycles. The van der Waals surface area contributed by atoms with Gasteiger partial charge < -0.3 is 18.8 Å². The molecular formula is C6H8O8P2-2. The molecule has 0 rings (SSSR count). The zero-order chi connectivity index (χ0) is 13.0. The minimum absolute atomic E-state index is 0.437. The monoisotopic (exact) mass is 270 g/mol. The summed E-state index contributed by atoms with van der Waals surface area (Å²) < 4.78 is 28.6. The Kier molecular flexibility index (Phi) is 5.09. The number of hydrogen-bond acceptors (Lipinski definition) is 8. The van der Waals surface area contributed by atoms with Crippen molar-refractivity contribution in [2.45, 2.75) is 0 Å². The lowest BCUT2D eigenvalue weighted by Gasteiger charge is -2.16. The van der Waals surface area contributed by atoms with Gasteiger partial charge in [-0.15, -0.1) is 0 Å². The molecule has 0 aliphatic heterocycles. The molecule has 0 heterocycles. The van der Waals surface area contributed by atoms with E-state index in [-0.39, 0.29) is 0 Å². The third-order valence-electron chi connectivity index (χ3n) is 0.867. The summed E-state index contributed by atoms with van der Waals surface area (Å²) in [6, 6.07) is 0. The summed E-state index contributed by atoms with van der Waals surface area (Å²) in [6.07, 6.45) is 0.873. The first kappa shape index (κ1) is 15.1. The van der Waals surface area contributed by atoms with Crippen LogP contribution in [0.25, 0.3) is 0 Å². The fourth-order valence-corrected chi connectivity index (χ4v) is 1.30. The highest BCUT2D eigenvalue weighted by molar-refractivity contribution is 7.51. The molecule has 0 radical (unpaired) electrons. The smallest absolute Gasteiger partial charge is 0.335 e. The molecule has 8 nitrogen and oxygen atoms in total. The zero-order valence-corrected chi connectivity index (χ0v) is 10.1. The Hall–Kier alpha value is -0.940. The summed E-state index contributed by atoms with van der Waals surface area (Å²) in [6.45, 7) is 1.32. The van der Waals surface area contributed by atoms with Gasteiger partial charge in [-0.3, -0.25) is 9.13 Å². The summed E-state index contributed by atoms with van der Waals surface area (Å²) in [7, 11) is -8.48. The van der Waals surface area contributed by atoms with Crippen LogP contribution in [0.3, 0.4) is 0 Å². The predicted octanol–water partition coefficient (Wildman–Crippen LogP) is -1.00. The van der Waals surface area contributed by atoms with Crippen molar-refractivity contribution in [2.24, 2.45) is 0 Å². The third kappa shape index (κ3) is 9.61. The first-order valence-corrected chi connectivity index (χ1v) is 7.70. The quantitative estimate of drug-likeness (QED) is 0.468. The largest absolute Gasteiger partial charge is 0.769 e. The molecule has 0 saturated heterocycles. The molecule has 0 amide bonds. The van der Waals surface area contributed by atoms with Crippen LogP contribution < -0.4 is 9.79 Å². The van der Waals surface area contributed by atoms with E-state index in [0.717, 1.165) is 0 Å². The second-order valence-electron chi connectivity index (χ2n) is 2.70. The van der Waals surface area contributed by atoms with Crippen LogP contribution >= 0.6 is 15.2 Å². The summed E-state index contributed by atoms with van der Waals surface area (Å²) in [5.74, 6) is -2.65. The van der Waals surface area contributed by atoms with E-state index in [1.54, 1.807) is 0 Å². The van der Waals surface area contributed by atoms with Crippen LogP contribution in [0.15, 0.2) is 12.2 Å². The normalized spacial score (nSPS) is 18.5. The maximum atomic E-state index is 10.7. The van der Waals surface area contributed by atoms with E-state index in [2.05, 4.69) is 9.05 Å². The molecule has 0 aliphatic rings. The molecule has 2 unspecified atom stereocenters. The Morgan fingerprint density at radius 1 is 0.938 bits per heavy atom. The van der Waals surface area contributed by atoms with Gasteiger partial charge in [0, 0.05) is 25.5 Å². The highest BCUT2D eigenvalue weighted by Crippen LogP contribution is 2.32. The first-order valence-electron chi connectivity index (χ1n) is 3.72. The molecule has 0 fully saturated rings. The van der Waals surface area contributed by atoms with Gasteiger partial charge in [-0.2, -0.15) is 0 Å². The molecule has 0 aromatic carbocycles. The van der Waals surface area contributed by atoms with Crippen molar-refractivity contribution in [3.05, 3.63) is 12.2 Å². The second kappa shape index (κ2) is 5.41. The van der Waals surface area contributed by atoms with Crippen molar-refractivity contribution in [1.29, 1.82) is 0 Å². The summed E-state index contributed by atoms with van der Waals surface area (Å²) in [5, 5.41) is 0. The van der Waals surface area contributed by atoms with Crippen molar-refractivity contribution < 1.29 is 37.6 Å². The molecule has 16 heavy (non-hydrogen) atoms. The average molecular weight is 270 g/mol. The van der Waals surface area contributed by atoms with Gasteiger partial charge in [0.05, 0.1) is 0 Å². The Balaban J connectivity index is 4.30. The van der Waals surface area contributed by atoms with Gasteiger partial charge in [0.2, 0.25) is 0 Å². The van der Waals surface area contributed by atoms with Crippen LogP contribution in [-0.4, -0.2) is 25.3 Å². The van der Waals surface area contributed by atoms with Gasteiger partial charge in [-0.1, -0.05) is 0 Å². The number of carbonyl (C=O) groups is 2. The fourth-order valence-electron chi connectivity index (χ4n) is 0.524. The van der Waals surface area contributed by atoms with Gasteiger partial charge >= 0.3 is 11.9 Å². The molecule has 0 spiro atoms. The maximum absolute atomic E-state index is 10.7. The lowest BCUT2D eigenvalue weighted by atomic mass is 10.5. The molecule has 10 heteroatoms. The van der Waals surface area contributed by atoms with Crippen LogP contribution in [-0.2, 0) is 27.8 Å². The number of rotatable bonds is 4. The lowest BCUT2D eigenvalue weighted by Crippen LogP contribution is -2.09. The van der Waals surface area contributed by atoms with Crippen LogP contribution in [0, 0.1) is 0 Å². The number of carbonyl (C=O) groups excluding carboxylic acids is 2. The van der Waals surface area contributed by atoms with E-state index in [1.165, 1.54) is 0 Å². The van der Waals surface area contributed by atoms with Crippen molar-refractivity contribution >= 4 is 27.1 Å². The molecular weight excluding hydrogens is 262 g/mol. The lowest BCUT2D eigenvalue weighted by molar-refractivity contribution is -0.199. The van der Waals surface area contributed by atoms with Crippen molar-refractivity contribution in [3.8, 4) is 0 Å². The SMILES string of the molecule is CP(=O)([O-])OC(=O)C=CC(=O)OP(C)(=O)[O-]. The molecule has 0 N–H and O–H groups in total. The Morgan fingerprint density at radius 2 is 1.19 bits per heavy atom. The summed E-state index contributed by atoms with van der Waals surface area (Å²) >= 11 is 0. The van der Waals surface area contributed by atoms with E-state index in [4.69, 9.17) is 0 Å². The van der Waals surface area contributed by atoms with E-state index < -0.39 is 27.1 Å². The topological polar surface area (TPSA) is 133 Å².